The van der Waals surface area contributed by atoms with Crippen molar-refractivity contribution in [2.75, 3.05) is 6.61 Å². The number of aliphatic hydroxyl groups excluding tert-OH is 1. The second kappa shape index (κ2) is 7.21. The maximum Gasteiger partial charge on any atom is 0.407 e. The number of hydrogen-bond donors (Lipinski definition) is 2. The van der Waals surface area contributed by atoms with E-state index in [4.69, 9.17) is 14.6 Å². The lowest BCUT2D eigenvalue weighted by atomic mass is 10.2. The molecule has 21 heavy (non-hydrogen) atoms. The molecule has 0 aromatic carbocycles. The minimum atomic E-state index is -0.576. The molecule has 0 bridgehead atoms. The molecule has 1 aromatic heterocycles. The van der Waals surface area contributed by atoms with E-state index in [-0.39, 0.29) is 30.7 Å². The third-order valence-corrected chi connectivity index (χ3v) is 2.30. The molecule has 0 saturated carbocycles. The lowest BCUT2D eigenvalue weighted by molar-refractivity contribution is 0.0492. The number of aliphatic hydroxyl groups is 1. The second-order valence-electron chi connectivity index (χ2n) is 5.63. The zero-order valence-corrected chi connectivity index (χ0v) is 12.6. The van der Waals surface area contributed by atoms with E-state index in [1.54, 1.807) is 27.7 Å². The molecule has 118 valence electrons. The van der Waals surface area contributed by atoms with Crippen molar-refractivity contribution in [2.45, 2.75) is 45.9 Å². The van der Waals surface area contributed by atoms with Crippen molar-refractivity contribution in [3.05, 3.63) is 23.6 Å². The molecule has 1 amide bonds. The van der Waals surface area contributed by atoms with E-state index in [9.17, 15) is 9.18 Å². The van der Waals surface area contributed by atoms with Crippen LogP contribution in [0.4, 0.5) is 9.18 Å². The van der Waals surface area contributed by atoms with Crippen LogP contribution in [0.1, 0.15) is 33.3 Å². The fourth-order valence-electron chi connectivity index (χ4n) is 1.47. The molecule has 1 aromatic rings. The lowest BCUT2D eigenvalue weighted by Gasteiger charge is -2.22. The Balaban J connectivity index is 2.50. The maximum absolute atomic E-state index is 13.0. The predicted molar refractivity (Wildman–Crippen MR) is 74.4 cm³/mol. The van der Waals surface area contributed by atoms with Crippen LogP contribution < -0.4 is 10.1 Å². The van der Waals surface area contributed by atoms with Gasteiger partial charge in [0.05, 0.1) is 18.8 Å². The summed E-state index contributed by atoms with van der Waals surface area (Å²) in [5, 5.41) is 11.7. The number of aromatic nitrogens is 1. The molecule has 0 radical (unpaired) electrons. The van der Waals surface area contributed by atoms with Crippen molar-refractivity contribution in [2.24, 2.45) is 0 Å². The van der Waals surface area contributed by atoms with Crippen LogP contribution in [0.2, 0.25) is 0 Å². The van der Waals surface area contributed by atoms with Gasteiger partial charge in [-0.3, -0.25) is 0 Å². The number of nitrogens with one attached hydrogen (secondary N) is 1. The van der Waals surface area contributed by atoms with Crippen LogP contribution in [0.25, 0.3) is 0 Å². The molecule has 0 fully saturated rings. The number of carbonyl (C=O) groups excluding carboxylic acids is 1. The smallest absolute Gasteiger partial charge is 0.407 e. The quantitative estimate of drug-likeness (QED) is 0.869. The highest BCUT2D eigenvalue weighted by molar-refractivity contribution is 5.68. The van der Waals surface area contributed by atoms with Gasteiger partial charge in [-0.05, 0) is 33.8 Å². The summed E-state index contributed by atoms with van der Waals surface area (Å²) in [6.07, 6.45) is 0.452. The standard InChI is InChI=1S/C14H21FN2O4/c1-9(17-13(19)21-14(2,3)4)8-20-12-10(7-18)5-11(15)6-16-12/h5-6,9,18H,7-8H2,1-4H3,(H,17,19)/t9-/m1/s1. The zero-order valence-electron chi connectivity index (χ0n) is 12.6. The van der Waals surface area contributed by atoms with Gasteiger partial charge in [0, 0.05) is 5.56 Å². The van der Waals surface area contributed by atoms with E-state index in [1.165, 1.54) is 0 Å². The molecule has 0 unspecified atom stereocenters. The highest BCUT2D eigenvalue weighted by atomic mass is 19.1. The summed E-state index contributed by atoms with van der Waals surface area (Å²) in [5.74, 6) is -0.414. The summed E-state index contributed by atoms with van der Waals surface area (Å²) in [6, 6.07) is 0.812. The lowest BCUT2D eigenvalue weighted by Crippen LogP contribution is -2.40. The average Bonchev–Trinajstić information content (AvgIpc) is 2.34. The molecule has 6 nitrogen and oxygen atoms in total. The summed E-state index contributed by atoms with van der Waals surface area (Å²) in [7, 11) is 0. The fourth-order valence-corrected chi connectivity index (χ4v) is 1.47. The first kappa shape index (κ1) is 17.2. The van der Waals surface area contributed by atoms with Gasteiger partial charge in [0.1, 0.15) is 18.0 Å². The zero-order chi connectivity index (χ0) is 16.0. The molecule has 0 aliphatic carbocycles. The van der Waals surface area contributed by atoms with Crippen molar-refractivity contribution in [3.8, 4) is 5.88 Å². The van der Waals surface area contributed by atoms with Crippen LogP contribution in [0.3, 0.4) is 0 Å². The molecular formula is C14H21FN2O4. The van der Waals surface area contributed by atoms with Crippen molar-refractivity contribution in [3.63, 3.8) is 0 Å². The van der Waals surface area contributed by atoms with E-state index in [1.807, 2.05) is 0 Å². The Morgan fingerprint density at radius 3 is 2.76 bits per heavy atom. The maximum atomic E-state index is 13.0. The van der Waals surface area contributed by atoms with Gasteiger partial charge in [-0.15, -0.1) is 0 Å². The SMILES string of the molecule is C[C@H](COc1ncc(F)cc1CO)NC(=O)OC(C)(C)C. The number of ether oxygens (including phenoxy) is 2. The normalized spacial score (nSPS) is 12.7. The highest BCUT2D eigenvalue weighted by Gasteiger charge is 2.18. The van der Waals surface area contributed by atoms with Crippen LogP contribution in [0.15, 0.2) is 12.3 Å². The van der Waals surface area contributed by atoms with Gasteiger partial charge in [-0.25, -0.2) is 14.2 Å². The van der Waals surface area contributed by atoms with E-state index < -0.39 is 17.5 Å². The van der Waals surface area contributed by atoms with Crippen molar-refractivity contribution in [1.82, 2.24) is 10.3 Å². The van der Waals surface area contributed by atoms with Gasteiger partial charge in [-0.2, -0.15) is 0 Å². The minimum absolute atomic E-state index is 0.116. The topological polar surface area (TPSA) is 80.7 Å². The second-order valence-corrected chi connectivity index (χ2v) is 5.63. The first-order chi connectivity index (χ1) is 9.71. The first-order valence-electron chi connectivity index (χ1n) is 6.59. The third-order valence-electron chi connectivity index (χ3n) is 2.30. The first-order valence-corrected chi connectivity index (χ1v) is 6.59. The molecule has 0 aliphatic heterocycles. The van der Waals surface area contributed by atoms with Gasteiger partial charge in [0.25, 0.3) is 0 Å². The number of hydrogen-bond acceptors (Lipinski definition) is 5. The number of alkyl carbamates (subject to hydrolysis) is 1. The molecule has 0 aliphatic rings. The number of nitrogens with zero attached hydrogens (tertiary/aromatic N) is 1. The van der Waals surface area contributed by atoms with Crippen molar-refractivity contribution in [1.29, 1.82) is 0 Å². The molecule has 0 saturated heterocycles. The van der Waals surface area contributed by atoms with Crippen LogP contribution in [-0.2, 0) is 11.3 Å². The van der Waals surface area contributed by atoms with E-state index in [0.717, 1.165) is 12.3 Å². The Bertz CT molecular complexity index is 488. The number of carbonyl (C=O) groups is 1. The summed E-state index contributed by atoms with van der Waals surface area (Å²) in [5.41, 5.74) is -0.327. The fraction of sp³-hybridized carbons (Fsp3) is 0.571. The van der Waals surface area contributed by atoms with Crippen molar-refractivity contribution >= 4 is 6.09 Å². The number of pyridine rings is 1. The average molecular weight is 300 g/mol. The van der Waals surface area contributed by atoms with Gasteiger partial charge in [0.15, 0.2) is 0 Å². The van der Waals surface area contributed by atoms with Crippen molar-refractivity contribution < 1.29 is 23.8 Å². The number of amides is 1. The molecular weight excluding hydrogens is 279 g/mol. The minimum Gasteiger partial charge on any atom is -0.475 e. The highest BCUT2D eigenvalue weighted by Crippen LogP contribution is 2.16. The van der Waals surface area contributed by atoms with Crippen LogP contribution >= 0.6 is 0 Å². The molecule has 1 rings (SSSR count). The number of rotatable bonds is 5. The van der Waals surface area contributed by atoms with Crippen LogP contribution in [0, 0.1) is 5.82 Å². The van der Waals surface area contributed by atoms with Crippen LogP contribution in [-0.4, -0.2) is 34.4 Å². The van der Waals surface area contributed by atoms with E-state index >= 15 is 0 Å². The molecule has 2 N–H and O–H groups in total. The Kier molecular flexibility index (Phi) is 5.90. The van der Waals surface area contributed by atoms with Gasteiger partial charge < -0.3 is 19.9 Å². The molecule has 1 heterocycles. The summed E-state index contributed by atoms with van der Waals surface area (Å²) >= 11 is 0. The van der Waals surface area contributed by atoms with Crippen LogP contribution in [0.5, 0.6) is 5.88 Å². The Labute approximate surface area is 123 Å². The van der Waals surface area contributed by atoms with Gasteiger partial charge >= 0.3 is 6.09 Å². The van der Waals surface area contributed by atoms with Gasteiger partial charge in [0.2, 0.25) is 5.88 Å². The predicted octanol–water partition coefficient (Wildman–Crippen LogP) is 2.00. The van der Waals surface area contributed by atoms with E-state index in [0.29, 0.717) is 0 Å². The Hall–Kier alpha value is -1.89. The summed E-state index contributed by atoms with van der Waals surface area (Å²) < 4.78 is 23.4. The molecule has 0 spiro atoms. The number of halogens is 1. The molecule has 1 atom stereocenters. The summed E-state index contributed by atoms with van der Waals surface area (Å²) in [6.45, 7) is 6.77. The summed E-state index contributed by atoms with van der Waals surface area (Å²) in [4.78, 5) is 15.3. The molecule has 7 heteroatoms. The van der Waals surface area contributed by atoms with Gasteiger partial charge in [-0.1, -0.05) is 0 Å². The Morgan fingerprint density at radius 1 is 1.52 bits per heavy atom. The third kappa shape index (κ3) is 6.40. The largest absolute Gasteiger partial charge is 0.475 e. The Morgan fingerprint density at radius 2 is 2.19 bits per heavy atom. The monoisotopic (exact) mass is 300 g/mol. The van der Waals surface area contributed by atoms with E-state index in [2.05, 4.69) is 10.3 Å².